The number of nitrogens with zero attached hydrogens (tertiary/aromatic N) is 3. The third kappa shape index (κ3) is 3.00. The molecular formula is C10H14N4O4S. The predicted octanol–water partition coefficient (Wildman–Crippen LogP) is -0.138. The number of furan rings is 1. The van der Waals surface area contributed by atoms with Crippen LogP contribution in [0.3, 0.4) is 0 Å². The number of aliphatic hydroxyl groups excluding tert-OH is 1. The van der Waals surface area contributed by atoms with E-state index in [4.69, 9.17) is 9.52 Å². The molecule has 0 radical (unpaired) electrons. The summed E-state index contributed by atoms with van der Waals surface area (Å²) in [5, 5.41) is 16.1. The Labute approximate surface area is 110 Å². The van der Waals surface area contributed by atoms with Gasteiger partial charge >= 0.3 is 0 Å². The second-order valence-electron chi connectivity index (χ2n) is 3.74. The van der Waals surface area contributed by atoms with Gasteiger partial charge in [-0.2, -0.15) is 0 Å². The lowest BCUT2D eigenvalue weighted by Gasteiger charge is -2.05. The summed E-state index contributed by atoms with van der Waals surface area (Å²) in [5.41, 5.74) is 0. The zero-order chi connectivity index (χ0) is 13.9. The molecule has 2 rings (SSSR count). The van der Waals surface area contributed by atoms with E-state index in [0.717, 1.165) is 0 Å². The highest BCUT2D eigenvalue weighted by atomic mass is 32.2. The van der Waals surface area contributed by atoms with Crippen LogP contribution in [0, 0.1) is 0 Å². The number of sulfonamides is 1. The Morgan fingerprint density at radius 3 is 2.89 bits per heavy atom. The van der Waals surface area contributed by atoms with Gasteiger partial charge < -0.3 is 14.1 Å². The summed E-state index contributed by atoms with van der Waals surface area (Å²) in [6, 6.07) is 2.70. The highest BCUT2D eigenvalue weighted by Gasteiger charge is 2.19. The molecule has 19 heavy (non-hydrogen) atoms. The Bertz CT molecular complexity index is 646. The van der Waals surface area contributed by atoms with E-state index in [1.54, 1.807) is 4.57 Å². The second kappa shape index (κ2) is 5.51. The molecule has 0 spiro atoms. The standard InChI is InChI=1S/C10H14N4O4S/c1-2-14-7-11-13-9(14)5-12-19(16,17)10-4-3-8(6-15)18-10/h3-4,7,12,15H,2,5-6H2,1H3. The second-order valence-corrected chi connectivity index (χ2v) is 5.43. The average molecular weight is 286 g/mol. The molecule has 0 fully saturated rings. The fourth-order valence-corrected chi connectivity index (χ4v) is 2.42. The van der Waals surface area contributed by atoms with Gasteiger partial charge in [-0.15, -0.1) is 10.2 Å². The van der Waals surface area contributed by atoms with Crippen molar-refractivity contribution in [1.82, 2.24) is 19.5 Å². The highest BCUT2D eigenvalue weighted by Crippen LogP contribution is 2.13. The molecule has 2 aromatic rings. The summed E-state index contributed by atoms with van der Waals surface area (Å²) in [6.07, 6.45) is 1.53. The fourth-order valence-electron chi connectivity index (χ4n) is 1.50. The zero-order valence-electron chi connectivity index (χ0n) is 10.3. The molecule has 2 N–H and O–H groups in total. The van der Waals surface area contributed by atoms with E-state index in [1.807, 2.05) is 6.92 Å². The molecule has 9 heteroatoms. The van der Waals surface area contributed by atoms with Crippen molar-refractivity contribution in [3.63, 3.8) is 0 Å². The lowest BCUT2D eigenvalue weighted by molar-refractivity contribution is 0.236. The Hall–Kier alpha value is -1.71. The minimum Gasteiger partial charge on any atom is -0.446 e. The molecule has 0 aliphatic rings. The maximum Gasteiger partial charge on any atom is 0.274 e. The predicted molar refractivity (Wildman–Crippen MR) is 64.4 cm³/mol. The van der Waals surface area contributed by atoms with E-state index in [2.05, 4.69) is 14.9 Å². The van der Waals surface area contributed by atoms with Crippen molar-refractivity contribution >= 4 is 10.0 Å². The number of nitrogens with one attached hydrogen (secondary N) is 1. The first-order valence-electron chi connectivity index (χ1n) is 5.62. The third-order valence-electron chi connectivity index (χ3n) is 2.51. The van der Waals surface area contributed by atoms with E-state index >= 15 is 0 Å². The van der Waals surface area contributed by atoms with E-state index < -0.39 is 10.0 Å². The molecule has 0 amide bonds. The van der Waals surface area contributed by atoms with Gasteiger partial charge in [0.2, 0.25) is 5.09 Å². The average Bonchev–Trinajstić information content (AvgIpc) is 3.05. The topological polar surface area (TPSA) is 110 Å². The number of hydrogen-bond acceptors (Lipinski definition) is 6. The number of hydrogen-bond donors (Lipinski definition) is 2. The van der Waals surface area contributed by atoms with Gasteiger partial charge in [0.1, 0.15) is 24.5 Å². The van der Waals surface area contributed by atoms with E-state index in [-0.39, 0.29) is 24.0 Å². The largest absolute Gasteiger partial charge is 0.446 e. The van der Waals surface area contributed by atoms with Crippen molar-refractivity contribution in [2.24, 2.45) is 0 Å². The molecule has 0 atom stereocenters. The van der Waals surface area contributed by atoms with Gasteiger partial charge in [-0.1, -0.05) is 0 Å². The molecule has 104 valence electrons. The van der Waals surface area contributed by atoms with Crippen LogP contribution in [-0.4, -0.2) is 28.3 Å². The monoisotopic (exact) mass is 286 g/mol. The molecular weight excluding hydrogens is 272 g/mol. The minimum atomic E-state index is -3.76. The molecule has 0 saturated carbocycles. The van der Waals surface area contributed by atoms with Crippen LogP contribution >= 0.6 is 0 Å². The Morgan fingerprint density at radius 2 is 2.26 bits per heavy atom. The summed E-state index contributed by atoms with van der Waals surface area (Å²) in [5.74, 6) is 0.706. The molecule has 0 aliphatic heterocycles. The van der Waals surface area contributed by atoms with Crippen LogP contribution in [0.15, 0.2) is 28.0 Å². The lowest BCUT2D eigenvalue weighted by Crippen LogP contribution is -2.24. The molecule has 8 nitrogen and oxygen atoms in total. The van der Waals surface area contributed by atoms with Gasteiger partial charge in [0.15, 0.2) is 0 Å². The van der Waals surface area contributed by atoms with Crippen LogP contribution in [0.2, 0.25) is 0 Å². The highest BCUT2D eigenvalue weighted by molar-refractivity contribution is 7.89. The first-order valence-corrected chi connectivity index (χ1v) is 7.11. The number of aryl methyl sites for hydroxylation is 1. The van der Waals surface area contributed by atoms with Crippen LogP contribution in [0.25, 0.3) is 0 Å². The van der Waals surface area contributed by atoms with Crippen molar-refractivity contribution in [2.75, 3.05) is 0 Å². The molecule has 2 aromatic heterocycles. The normalized spacial score (nSPS) is 11.9. The van der Waals surface area contributed by atoms with Crippen LogP contribution in [-0.2, 0) is 29.7 Å². The number of aromatic nitrogens is 3. The fraction of sp³-hybridized carbons (Fsp3) is 0.400. The Kier molecular flexibility index (Phi) is 3.98. The van der Waals surface area contributed by atoms with Crippen LogP contribution in [0.1, 0.15) is 18.5 Å². The molecule has 0 aromatic carbocycles. The maximum absolute atomic E-state index is 11.9. The van der Waals surface area contributed by atoms with Gasteiger partial charge in [0, 0.05) is 6.54 Å². The lowest BCUT2D eigenvalue weighted by atomic mass is 10.5. The quantitative estimate of drug-likeness (QED) is 0.765. The van der Waals surface area contributed by atoms with Gasteiger partial charge in [0.05, 0.1) is 6.54 Å². The van der Waals surface area contributed by atoms with E-state index in [0.29, 0.717) is 12.4 Å². The van der Waals surface area contributed by atoms with Gasteiger partial charge in [-0.05, 0) is 19.1 Å². The van der Waals surface area contributed by atoms with Crippen molar-refractivity contribution in [1.29, 1.82) is 0 Å². The molecule has 0 bridgehead atoms. The van der Waals surface area contributed by atoms with Crippen molar-refractivity contribution in [2.45, 2.75) is 31.7 Å². The maximum atomic E-state index is 11.9. The van der Waals surface area contributed by atoms with Crippen LogP contribution in [0.4, 0.5) is 0 Å². The summed E-state index contributed by atoms with van der Waals surface area (Å²) >= 11 is 0. The number of rotatable bonds is 6. The van der Waals surface area contributed by atoms with Gasteiger partial charge in [-0.25, -0.2) is 13.1 Å². The smallest absolute Gasteiger partial charge is 0.274 e. The summed E-state index contributed by atoms with van der Waals surface area (Å²) in [7, 11) is -3.76. The zero-order valence-corrected chi connectivity index (χ0v) is 11.1. The molecule has 2 heterocycles. The summed E-state index contributed by atoms with van der Waals surface area (Å²) < 4.78 is 32.9. The van der Waals surface area contributed by atoms with Crippen LogP contribution < -0.4 is 4.72 Å². The first kappa shape index (κ1) is 13.7. The Balaban J connectivity index is 2.09. The number of aliphatic hydroxyl groups is 1. The molecule has 0 saturated heterocycles. The van der Waals surface area contributed by atoms with Crippen molar-refractivity contribution in [3.05, 3.63) is 30.0 Å². The third-order valence-corrected chi connectivity index (χ3v) is 3.79. The summed E-state index contributed by atoms with van der Waals surface area (Å²) in [4.78, 5) is 0. The van der Waals surface area contributed by atoms with Crippen LogP contribution in [0.5, 0.6) is 0 Å². The van der Waals surface area contributed by atoms with Gasteiger partial charge in [0.25, 0.3) is 10.0 Å². The summed E-state index contributed by atoms with van der Waals surface area (Å²) in [6.45, 7) is 2.23. The SMILES string of the molecule is CCn1cnnc1CNS(=O)(=O)c1ccc(CO)o1. The van der Waals surface area contributed by atoms with E-state index in [1.165, 1.54) is 18.5 Å². The van der Waals surface area contributed by atoms with Gasteiger partial charge in [-0.3, -0.25) is 0 Å². The minimum absolute atomic E-state index is 0.0192. The van der Waals surface area contributed by atoms with Crippen molar-refractivity contribution < 1.29 is 17.9 Å². The first-order chi connectivity index (χ1) is 9.06. The molecule has 0 unspecified atom stereocenters. The molecule has 0 aliphatic carbocycles. The van der Waals surface area contributed by atoms with E-state index in [9.17, 15) is 8.42 Å². The van der Waals surface area contributed by atoms with Crippen molar-refractivity contribution in [3.8, 4) is 0 Å². The Morgan fingerprint density at radius 1 is 1.47 bits per heavy atom.